The molecule has 2 aliphatic rings. The maximum Gasteiger partial charge on any atom is 0.249 e. The Hall–Kier alpha value is -0.650. The average molecular weight is 241 g/mol. The van der Waals surface area contributed by atoms with Crippen molar-refractivity contribution in [3.63, 3.8) is 0 Å². The zero-order chi connectivity index (χ0) is 12.3. The Morgan fingerprint density at radius 2 is 2.12 bits per heavy atom. The van der Waals surface area contributed by atoms with Crippen LogP contribution in [-0.2, 0) is 9.53 Å². The molecule has 2 fully saturated rings. The Balaban J connectivity index is 1.97. The second-order valence-corrected chi connectivity index (χ2v) is 4.87. The van der Waals surface area contributed by atoms with Crippen molar-refractivity contribution in [1.82, 2.24) is 9.80 Å². The van der Waals surface area contributed by atoms with E-state index in [1.165, 1.54) is 0 Å². The van der Waals surface area contributed by atoms with E-state index < -0.39 is 0 Å². The summed E-state index contributed by atoms with van der Waals surface area (Å²) in [4.78, 5) is 16.4. The van der Waals surface area contributed by atoms with Crippen LogP contribution in [0.25, 0.3) is 0 Å². The molecule has 0 aromatic carbocycles. The van der Waals surface area contributed by atoms with Crippen molar-refractivity contribution in [2.24, 2.45) is 5.73 Å². The summed E-state index contributed by atoms with van der Waals surface area (Å²) in [5, 5.41) is 0. The van der Waals surface area contributed by atoms with Crippen LogP contribution in [0.4, 0.5) is 0 Å². The van der Waals surface area contributed by atoms with Gasteiger partial charge in [0.2, 0.25) is 5.91 Å². The molecule has 0 aromatic heterocycles. The number of hydrogen-bond acceptors (Lipinski definition) is 4. The van der Waals surface area contributed by atoms with Crippen LogP contribution in [0.3, 0.4) is 0 Å². The van der Waals surface area contributed by atoms with Crippen LogP contribution in [0.1, 0.15) is 19.8 Å². The predicted molar refractivity (Wildman–Crippen MR) is 65.6 cm³/mol. The molecule has 5 nitrogen and oxygen atoms in total. The summed E-state index contributed by atoms with van der Waals surface area (Å²) in [6, 6.07) is 0.442. The molecule has 0 aromatic rings. The second-order valence-electron chi connectivity index (χ2n) is 4.87. The van der Waals surface area contributed by atoms with Crippen molar-refractivity contribution in [2.75, 3.05) is 39.4 Å². The van der Waals surface area contributed by atoms with Gasteiger partial charge in [0.15, 0.2) is 0 Å². The SMILES string of the molecule is CCN1CCC(N2C(=O)COCC2CN)CC1. The highest BCUT2D eigenvalue weighted by atomic mass is 16.5. The van der Waals surface area contributed by atoms with Crippen molar-refractivity contribution in [2.45, 2.75) is 31.8 Å². The quantitative estimate of drug-likeness (QED) is 0.734. The lowest BCUT2D eigenvalue weighted by atomic mass is 10.0. The highest BCUT2D eigenvalue weighted by Crippen LogP contribution is 2.21. The van der Waals surface area contributed by atoms with E-state index in [9.17, 15) is 4.79 Å². The van der Waals surface area contributed by atoms with Crippen molar-refractivity contribution < 1.29 is 9.53 Å². The molecule has 17 heavy (non-hydrogen) atoms. The number of amides is 1. The van der Waals surface area contributed by atoms with Crippen molar-refractivity contribution in [3.8, 4) is 0 Å². The lowest BCUT2D eigenvalue weighted by molar-refractivity contribution is -0.152. The Bertz CT molecular complexity index is 264. The molecule has 98 valence electrons. The summed E-state index contributed by atoms with van der Waals surface area (Å²) in [6.07, 6.45) is 2.13. The molecule has 1 unspecified atom stereocenters. The van der Waals surface area contributed by atoms with E-state index in [2.05, 4.69) is 11.8 Å². The number of piperidine rings is 1. The molecule has 5 heteroatoms. The molecule has 2 N–H and O–H groups in total. The third-order valence-electron chi connectivity index (χ3n) is 3.89. The topological polar surface area (TPSA) is 58.8 Å². The van der Waals surface area contributed by atoms with E-state index >= 15 is 0 Å². The van der Waals surface area contributed by atoms with Crippen molar-refractivity contribution in [3.05, 3.63) is 0 Å². The predicted octanol–water partition coefficient (Wildman–Crippen LogP) is -0.343. The Morgan fingerprint density at radius 1 is 1.41 bits per heavy atom. The maximum absolute atomic E-state index is 11.9. The van der Waals surface area contributed by atoms with Crippen LogP contribution in [0.15, 0.2) is 0 Å². The standard InChI is InChI=1S/C12H23N3O2/c1-2-14-5-3-10(4-6-14)15-11(7-13)8-17-9-12(15)16/h10-11H,2-9,13H2,1H3. The molecular formula is C12H23N3O2. The van der Waals surface area contributed by atoms with Crippen molar-refractivity contribution in [1.29, 1.82) is 0 Å². The van der Waals surface area contributed by atoms with E-state index in [1.54, 1.807) is 0 Å². The molecule has 0 bridgehead atoms. The summed E-state index contributed by atoms with van der Waals surface area (Å²) >= 11 is 0. The van der Waals surface area contributed by atoms with Gasteiger partial charge >= 0.3 is 0 Å². The molecule has 1 amide bonds. The third-order valence-corrected chi connectivity index (χ3v) is 3.89. The number of rotatable bonds is 3. The summed E-state index contributed by atoms with van der Waals surface area (Å²) in [5.74, 6) is 0.113. The molecule has 2 saturated heterocycles. The van der Waals surface area contributed by atoms with Gasteiger partial charge in [0.1, 0.15) is 6.61 Å². The Labute approximate surface area is 103 Å². The van der Waals surface area contributed by atoms with Gasteiger partial charge in [-0.05, 0) is 19.4 Å². The van der Waals surface area contributed by atoms with Crippen LogP contribution in [0.2, 0.25) is 0 Å². The van der Waals surface area contributed by atoms with Gasteiger partial charge in [-0.25, -0.2) is 0 Å². The van der Waals surface area contributed by atoms with Gasteiger partial charge in [0.05, 0.1) is 12.6 Å². The summed E-state index contributed by atoms with van der Waals surface area (Å²) in [6.45, 7) is 6.78. The average Bonchev–Trinajstić information content (AvgIpc) is 2.38. The summed E-state index contributed by atoms with van der Waals surface area (Å²) < 4.78 is 5.27. The lowest BCUT2D eigenvalue weighted by Gasteiger charge is -2.44. The van der Waals surface area contributed by atoms with Gasteiger partial charge in [0.25, 0.3) is 0 Å². The Morgan fingerprint density at radius 3 is 2.71 bits per heavy atom. The zero-order valence-corrected chi connectivity index (χ0v) is 10.6. The van der Waals surface area contributed by atoms with Gasteiger partial charge in [0, 0.05) is 25.7 Å². The molecular weight excluding hydrogens is 218 g/mol. The van der Waals surface area contributed by atoms with Gasteiger partial charge in [-0.2, -0.15) is 0 Å². The van der Waals surface area contributed by atoms with Gasteiger partial charge < -0.3 is 20.3 Å². The van der Waals surface area contributed by atoms with Crippen LogP contribution < -0.4 is 5.73 Å². The maximum atomic E-state index is 11.9. The fourth-order valence-electron chi connectivity index (χ4n) is 2.84. The fourth-order valence-corrected chi connectivity index (χ4v) is 2.84. The van der Waals surface area contributed by atoms with Crippen LogP contribution in [-0.4, -0.2) is 67.2 Å². The monoisotopic (exact) mass is 241 g/mol. The highest BCUT2D eigenvalue weighted by molar-refractivity contribution is 5.78. The summed E-state index contributed by atoms with van der Waals surface area (Å²) in [7, 11) is 0. The van der Waals surface area contributed by atoms with E-state index in [0.717, 1.165) is 32.5 Å². The number of hydrogen-bond donors (Lipinski definition) is 1. The first-order chi connectivity index (χ1) is 8.26. The van der Waals surface area contributed by atoms with Gasteiger partial charge in [-0.15, -0.1) is 0 Å². The molecule has 2 rings (SSSR count). The van der Waals surface area contributed by atoms with E-state index in [-0.39, 0.29) is 18.6 Å². The van der Waals surface area contributed by atoms with Gasteiger partial charge in [-0.1, -0.05) is 6.92 Å². The second kappa shape index (κ2) is 5.80. The first-order valence-electron chi connectivity index (χ1n) is 6.57. The number of carbonyl (C=O) groups excluding carboxylic acids is 1. The molecule has 2 heterocycles. The number of likely N-dealkylation sites (tertiary alicyclic amines) is 1. The molecule has 0 spiro atoms. The number of carbonyl (C=O) groups is 1. The largest absolute Gasteiger partial charge is 0.369 e. The summed E-state index contributed by atoms with van der Waals surface area (Å²) in [5.41, 5.74) is 5.73. The minimum atomic E-state index is 0.0782. The number of ether oxygens (including phenoxy) is 1. The zero-order valence-electron chi connectivity index (χ0n) is 10.6. The Kier molecular flexibility index (Phi) is 4.36. The van der Waals surface area contributed by atoms with E-state index in [0.29, 0.717) is 19.2 Å². The normalized spacial score (nSPS) is 28.7. The molecule has 0 saturated carbocycles. The minimum absolute atomic E-state index is 0.0782. The van der Waals surface area contributed by atoms with Gasteiger partial charge in [-0.3, -0.25) is 4.79 Å². The van der Waals surface area contributed by atoms with Crippen LogP contribution in [0, 0.1) is 0 Å². The van der Waals surface area contributed by atoms with Crippen LogP contribution >= 0.6 is 0 Å². The molecule has 1 atom stereocenters. The van der Waals surface area contributed by atoms with E-state index in [4.69, 9.17) is 10.5 Å². The van der Waals surface area contributed by atoms with Crippen molar-refractivity contribution >= 4 is 5.91 Å². The lowest BCUT2D eigenvalue weighted by Crippen LogP contribution is -2.58. The first-order valence-corrected chi connectivity index (χ1v) is 6.57. The number of morpholine rings is 1. The molecule has 0 radical (unpaired) electrons. The first kappa shape index (κ1) is 12.8. The molecule has 0 aliphatic carbocycles. The third kappa shape index (κ3) is 2.78. The molecule has 2 aliphatic heterocycles. The smallest absolute Gasteiger partial charge is 0.249 e. The minimum Gasteiger partial charge on any atom is -0.369 e. The number of nitrogens with two attached hydrogens (primary N) is 1. The van der Waals surface area contributed by atoms with E-state index in [1.807, 2.05) is 4.90 Å². The number of nitrogens with zero attached hydrogens (tertiary/aromatic N) is 2. The van der Waals surface area contributed by atoms with Crippen LogP contribution in [0.5, 0.6) is 0 Å². The highest BCUT2D eigenvalue weighted by Gasteiger charge is 2.34. The fraction of sp³-hybridized carbons (Fsp3) is 0.917.